The Kier molecular flexibility index (Phi) is 1.73. The predicted molar refractivity (Wildman–Crippen MR) is 58.4 cm³/mol. The Labute approximate surface area is 90.7 Å². The summed E-state index contributed by atoms with van der Waals surface area (Å²) in [6.45, 7) is 2.00. The monoisotopic (exact) mass is 212 g/mol. The highest BCUT2D eigenvalue weighted by Gasteiger charge is 2.08. The normalized spacial score (nSPS) is 11.1. The van der Waals surface area contributed by atoms with Crippen LogP contribution in [0.4, 0.5) is 0 Å². The molecule has 0 aliphatic heterocycles. The number of aldehydes is 1. The van der Waals surface area contributed by atoms with Crippen LogP contribution < -0.4 is 0 Å². The fourth-order valence-corrected chi connectivity index (χ4v) is 1.81. The summed E-state index contributed by atoms with van der Waals surface area (Å²) < 4.78 is 1.59. The lowest BCUT2D eigenvalue weighted by Crippen LogP contribution is -1.95. The second kappa shape index (κ2) is 3.10. The predicted octanol–water partition coefficient (Wildman–Crippen LogP) is 1.40. The first-order valence-electron chi connectivity index (χ1n) is 4.86. The van der Waals surface area contributed by atoms with E-state index < -0.39 is 0 Å². The second-order valence-electron chi connectivity index (χ2n) is 3.69. The maximum atomic E-state index is 10.9. The quantitative estimate of drug-likeness (QED) is 0.572. The van der Waals surface area contributed by atoms with E-state index in [1.54, 1.807) is 10.6 Å². The molecule has 1 aromatic carbocycles. The molecular weight excluding hydrogens is 204 g/mol. The van der Waals surface area contributed by atoms with Crippen LogP contribution in [0.15, 0.2) is 24.3 Å². The molecule has 2 aromatic heterocycles. The summed E-state index contributed by atoms with van der Waals surface area (Å²) in [5.41, 5.74) is 3.03. The molecule has 78 valence electrons. The van der Waals surface area contributed by atoms with Gasteiger partial charge in [0.1, 0.15) is 0 Å². The molecular formula is C11H8N4O. The second-order valence-corrected chi connectivity index (χ2v) is 3.69. The highest BCUT2D eigenvalue weighted by atomic mass is 16.1. The van der Waals surface area contributed by atoms with E-state index in [1.807, 2.05) is 25.1 Å². The number of aryl methyl sites for hydroxylation is 1. The Morgan fingerprint density at radius 2 is 2.19 bits per heavy atom. The number of nitrogens with zero attached hydrogens (tertiary/aromatic N) is 4. The van der Waals surface area contributed by atoms with Gasteiger partial charge >= 0.3 is 0 Å². The summed E-state index contributed by atoms with van der Waals surface area (Å²) in [7, 11) is 0. The molecule has 0 fully saturated rings. The van der Waals surface area contributed by atoms with Gasteiger partial charge in [-0.25, -0.2) is 0 Å². The minimum Gasteiger partial charge on any atom is -0.298 e. The molecule has 16 heavy (non-hydrogen) atoms. The van der Waals surface area contributed by atoms with Gasteiger partial charge in [0.05, 0.1) is 11.1 Å². The van der Waals surface area contributed by atoms with Crippen LogP contribution in [-0.2, 0) is 0 Å². The van der Waals surface area contributed by atoms with Crippen molar-refractivity contribution in [3.05, 3.63) is 35.4 Å². The van der Waals surface area contributed by atoms with Crippen molar-refractivity contribution in [3.63, 3.8) is 0 Å². The van der Waals surface area contributed by atoms with Gasteiger partial charge < -0.3 is 0 Å². The summed E-state index contributed by atoms with van der Waals surface area (Å²) in [6, 6.07) is 7.74. The molecule has 0 saturated heterocycles. The molecule has 0 amide bonds. The number of hydrogen-bond donors (Lipinski definition) is 0. The maximum Gasteiger partial charge on any atom is 0.190 e. The molecule has 0 atom stereocenters. The van der Waals surface area contributed by atoms with Crippen molar-refractivity contribution in [2.75, 3.05) is 0 Å². The van der Waals surface area contributed by atoms with Crippen molar-refractivity contribution in [2.24, 2.45) is 0 Å². The zero-order chi connectivity index (χ0) is 11.1. The van der Waals surface area contributed by atoms with E-state index in [1.165, 1.54) is 0 Å². The Morgan fingerprint density at radius 3 is 3.00 bits per heavy atom. The van der Waals surface area contributed by atoms with Gasteiger partial charge in [-0.05, 0) is 35.0 Å². The van der Waals surface area contributed by atoms with E-state index in [2.05, 4.69) is 15.5 Å². The van der Waals surface area contributed by atoms with Crippen LogP contribution >= 0.6 is 0 Å². The molecule has 5 heteroatoms. The third-order valence-electron chi connectivity index (χ3n) is 2.58. The average Bonchev–Trinajstić information content (AvgIpc) is 2.77. The minimum atomic E-state index is 0.494. The minimum absolute atomic E-state index is 0.494. The first kappa shape index (κ1) is 8.96. The Balaban J connectivity index is 2.59. The fourth-order valence-electron chi connectivity index (χ4n) is 1.81. The number of carbonyl (C=O) groups is 1. The third-order valence-corrected chi connectivity index (χ3v) is 2.58. The molecule has 3 rings (SSSR count). The molecule has 0 radical (unpaired) electrons. The van der Waals surface area contributed by atoms with Crippen molar-refractivity contribution in [2.45, 2.75) is 6.92 Å². The average molecular weight is 212 g/mol. The highest BCUT2D eigenvalue weighted by molar-refractivity contribution is 5.93. The number of tetrazole rings is 1. The van der Waals surface area contributed by atoms with E-state index in [4.69, 9.17) is 0 Å². The number of fused-ring (bicyclic) bond motifs is 3. The van der Waals surface area contributed by atoms with Crippen LogP contribution in [0.2, 0.25) is 0 Å². The van der Waals surface area contributed by atoms with Crippen LogP contribution in [-0.4, -0.2) is 26.3 Å². The van der Waals surface area contributed by atoms with E-state index in [0.717, 1.165) is 22.8 Å². The van der Waals surface area contributed by atoms with Gasteiger partial charge in [-0.1, -0.05) is 12.1 Å². The summed E-state index contributed by atoms with van der Waals surface area (Å²) in [5.74, 6) is 0. The molecule has 0 aliphatic carbocycles. The van der Waals surface area contributed by atoms with Crippen molar-refractivity contribution in [1.29, 1.82) is 0 Å². The zero-order valence-electron chi connectivity index (χ0n) is 8.58. The summed E-state index contributed by atoms with van der Waals surface area (Å²) in [6.07, 6.45) is 0.769. The van der Waals surface area contributed by atoms with Gasteiger partial charge in [0.25, 0.3) is 0 Å². The lowest BCUT2D eigenvalue weighted by Gasteiger charge is -2.02. The Hall–Kier alpha value is -2.30. The molecule has 0 bridgehead atoms. The third kappa shape index (κ3) is 1.11. The molecule has 0 unspecified atom stereocenters. The van der Waals surface area contributed by atoms with E-state index >= 15 is 0 Å². The maximum absolute atomic E-state index is 10.9. The standard InChI is InChI=1S/C11H8N4O/c1-7-2-3-8-5-9(6-16)11-12-13-14-15(11)10(8)4-7/h2-6H,1H3. The van der Waals surface area contributed by atoms with Gasteiger partial charge in [0.15, 0.2) is 11.9 Å². The van der Waals surface area contributed by atoms with Gasteiger partial charge in [0, 0.05) is 5.39 Å². The van der Waals surface area contributed by atoms with Crippen LogP contribution in [0.25, 0.3) is 16.6 Å². The van der Waals surface area contributed by atoms with Gasteiger partial charge in [0.2, 0.25) is 0 Å². The lowest BCUT2D eigenvalue weighted by atomic mass is 10.1. The lowest BCUT2D eigenvalue weighted by molar-refractivity contribution is 0.112. The van der Waals surface area contributed by atoms with Crippen molar-refractivity contribution < 1.29 is 4.79 Å². The smallest absolute Gasteiger partial charge is 0.190 e. The molecule has 0 spiro atoms. The first-order valence-corrected chi connectivity index (χ1v) is 4.86. The number of pyridine rings is 1. The first-order chi connectivity index (χ1) is 7.79. The Bertz CT molecular complexity index is 702. The molecule has 5 nitrogen and oxygen atoms in total. The number of carbonyl (C=O) groups excluding carboxylic acids is 1. The zero-order valence-corrected chi connectivity index (χ0v) is 8.58. The summed E-state index contributed by atoms with van der Waals surface area (Å²) in [5, 5.41) is 12.3. The Morgan fingerprint density at radius 1 is 1.31 bits per heavy atom. The molecule has 0 saturated carbocycles. The SMILES string of the molecule is Cc1ccc2cc(C=O)c3nnnn3c2c1. The van der Waals surface area contributed by atoms with Crippen LogP contribution in [0, 0.1) is 6.92 Å². The van der Waals surface area contributed by atoms with E-state index in [0.29, 0.717) is 11.2 Å². The topological polar surface area (TPSA) is 60.2 Å². The number of hydrogen-bond acceptors (Lipinski definition) is 4. The van der Waals surface area contributed by atoms with Gasteiger partial charge in [-0.2, -0.15) is 4.52 Å². The fraction of sp³-hybridized carbons (Fsp3) is 0.0909. The largest absolute Gasteiger partial charge is 0.298 e. The molecule has 2 heterocycles. The van der Waals surface area contributed by atoms with Crippen LogP contribution in [0.1, 0.15) is 15.9 Å². The van der Waals surface area contributed by atoms with Crippen LogP contribution in [0.5, 0.6) is 0 Å². The van der Waals surface area contributed by atoms with E-state index in [-0.39, 0.29) is 0 Å². The summed E-state index contributed by atoms with van der Waals surface area (Å²) in [4.78, 5) is 10.9. The highest BCUT2D eigenvalue weighted by Crippen LogP contribution is 2.19. The van der Waals surface area contributed by atoms with E-state index in [9.17, 15) is 4.79 Å². The van der Waals surface area contributed by atoms with Crippen molar-refractivity contribution in [1.82, 2.24) is 20.0 Å². The molecule has 0 N–H and O–H groups in total. The van der Waals surface area contributed by atoms with Gasteiger partial charge in [-0.3, -0.25) is 4.79 Å². The number of rotatable bonds is 1. The number of benzene rings is 1. The number of aromatic nitrogens is 4. The molecule has 3 aromatic rings. The van der Waals surface area contributed by atoms with Crippen molar-refractivity contribution >= 4 is 22.8 Å². The van der Waals surface area contributed by atoms with Crippen LogP contribution in [0.3, 0.4) is 0 Å². The van der Waals surface area contributed by atoms with Gasteiger partial charge in [-0.15, -0.1) is 5.10 Å². The summed E-state index contributed by atoms with van der Waals surface area (Å²) >= 11 is 0. The molecule has 0 aliphatic rings. The van der Waals surface area contributed by atoms with Crippen molar-refractivity contribution in [3.8, 4) is 0 Å².